The van der Waals surface area contributed by atoms with Crippen LogP contribution in [-0.2, 0) is 6.42 Å². The quantitative estimate of drug-likeness (QED) is 0.898. The zero-order chi connectivity index (χ0) is 12.7. The van der Waals surface area contributed by atoms with Crippen LogP contribution < -0.4 is 10.1 Å². The second-order valence-corrected chi connectivity index (χ2v) is 6.70. The number of nitrogens with one attached hydrogen (secondary N) is 1. The Balaban J connectivity index is 1.47. The number of hydrogen-bond donors (Lipinski definition) is 1. The Morgan fingerprint density at radius 3 is 2.63 bits per heavy atom. The van der Waals surface area contributed by atoms with Gasteiger partial charge in [-0.2, -0.15) is 0 Å². The van der Waals surface area contributed by atoms with E-state index in [0.717, 1.165) is 18.1 Å². The van der Waals surface area contributed by atoms with Gasteiger partial charge in [-0.25, -0.2) is 0 Å². The normalized spacial score (nSPS) is 28.7. The first-order valence-electron chi connectivity index (χ1n) is 7.81. The second-order valence-electron chi connectivity index (χ2n) is 6.70. The Morgan fingerprint density at radius 2 is 1.95 bits per heavy atom. The first-order chi connectivity index (χ1) is 9.36. The third-order valence-electron chi connectivity index (χ3n) is 5.52. The van der Waals surface area contributed by atoms with Crippen molar-refractivity contribution in [2.24, 2.45) is 11.3 Å². The van der Waals surface area contributed by atoms with E-state index in [9.17, 15) is 0 Å². The van der Waals surface area contributed by atoms with Gasteiger partial charge in [-0.15, -0.1) is 0 Å². The molecule has 1 aromatic rings. The van der Waals surface area contributed by atoms with Crippen molar-refractivity contribution in [2.75, 3.05) is 13.1 Å². The van der Waals surface area contributed by atoms with Crippen LogP contribution in [0.15, 0.2) is 24.3 Å². The molecular formula is C17H23NO. The van der Waals surface area contributed by atoms with E-state index in [2.05, 4.69) is 29.6 Å². The van der Waals surface area contributed by atoms with Crippen molar-refractivity contribution in [3.05, 3.63) is 29.8 Å². The topological polar surface area (TPSA) is 21.3 Å². The number of para-hydroxylation sites is 1. The van der Waals surface area contributed by atoms with Gasteiger partial charge >= 0.3 is 0 Å². The fourth-order valence-corrected chi connectivity index (χ4v) is 4.41. The number of benzene rings is 1. The molecule has 2 nitrogen and oxygen atoms in total. The van der Waals surface area contributed by atoms with Crippen LogP contribution >= 0.6 is 0 Å². The lowest BCUT2D eigenvalue weighted by atomic mass is 9.66. The Morgan fingerprint density at radius 1 is 1.16 bits per heavy atom. The smallest absolute Gasteiger partial charge is 0.123 e. The second kappa shape index (κ2) is 4.52. The zero-order valence-corrected chi connectivity index (χ0v) is 11.5. The van der Waals surface area contributed by atoms with Crippen molar-refractivity contribution in [2.45, 2.75) is 44.6 Å². The lowest BCUT2D eigenvalue weighted by molar-refractivity contribution is 0.0281. The van der Waals surface area contributed by atoms with Gasteiger partial charge in [-0.3, -0.25) is 0 Å². The molecule has 1 atom stereocenters. The van der Waals surface area contributed by atoms with Gasteiger partial charge in [-0.05, 0) is 36.8 Å². The van der Waals surface area contributed by atoms with Crippen LogP contribution in [0.2, 0.25) is 0 Å². The van der Waals surface area contributed by atoms with Crippen molar-refractivity contribution in [1.29, 1.82) is 0 Å². The van der Waals surface area contributed by atoms with E-state index in [-0.39, 0.29) is 0 Å². The van der Waals surface area contributed by atoms with Crippen LogP contribution in [-0.4, -0.2) is 19.2 Å². The summed E-state index contributed by atoms with van der Waals surface area (Å²) in [5, 5.41) is 3.52. The van der Waals surface area contributed by atoms with E-state index in [0.29, 0.717) is 11.5 Å². The highest BCUT2D eigenvalue weighted by Crippen LogP contribution is 2.47. The third kappa shape index (κ3) is 1.97. The Labute approximate surface area is 115 Å². The summed E-state index contributed by atoms with van der Waals surface area (Å²) in [6.07, 6.45) is 8.56. The van der Waals surface area contributed by atoms with E-state index in [4.69, 9.17) is 4.74 Å². The molecule has 1 N–H and O–H groups in total. The van der Waals surface area contributed by atoms with Crippen LogP contribution in [0.3, 0.4) is 0 Å². The molecule has 102 valence electrons. The number of ether oxygens (including phenoxy) is 1. The molecular weight excluding hydrogens is 234 g/mol. The van der Waals surface area contributed by atoms with Crippen molar-refractivity contribution in [1.82, 2.24) is 5.32 Å². The molecule has 1 saturated heterocycles. The van der Waals surface area contributed by atoms with Gasteiger partial charge in [0.15, 0.2) is 0 Å². The molecule has 2 heterocycles. The van der Waals surface area contributed by atoms with Gasteiger partial charge < -0.3 is 10.1 Å². The molecule has 1 saturated carbocycles. The standard InChI is InChI=1S/C17H23NO/c1-4-8-16-13(5-1)9-15(19-16)10-17(11-18-12-17)14-6-2-3-7-14/h1,4-5,8,14-15,18H,2-3,6-7,9-12H2. The monoisotopic (exact) mass is 257 g/mol. The first-order valence-corrected chi connectivity index (χ1v) is 7.81. The van der Waals surface area contributed by atoms with E-state index < -0.39 is 0 Å². The summed E-state index contributed by atoms with van der Waals surface area (Å²) in [5.41, 5.74) is 1.95. The molecule has 0 bridgehead atoms. The van der Waals surface area contributed by atoms with Gasteiger partial charge in [0.05, 0.1) is 0 Å². The zero-order valence-electron chi connectivity index (χ0n) is 11.5. The van der Waals surface area contributed by atoms with Crippen molar-refractivity contribution < 1.29 is 4.74 Å². The van der Waals surface area contributed by atoms with Crippen LogP contribution in [0.25, 0.3) is 0 Å². The maximum Gasteiger partial charge on any atom is 0.123 e. The van der Waals surface area contributed by atoms with Gasteiger partial charge in [0.2, 0.25) is 0 Å². The largest absolute Gasteiger partial charge is 0.490 e. The molecule has 1 aromatic carbocycles. The minimum atomic E-state index is 0.417. The van der Waals surface area contributed by atoms with Crippen LogP contribution in [0.1, 0.15) is 37.7 Å². The van der Waals surface area contributed by atoms with Gasteiger partial charge in [-0.1, -0.05) is 31.0 Å². The summed E-state index contributed by atoms with van der Waals surface area (Å²) in [6, 6.07) is 8.55. The molecule has 19 heavy (non-hydrogen) atoms. The summed E-state index contributed by atoms with van der Waals surface area (Å²) in [5.74, 6) is 2.07. The highest BCUT2D eigenvalue weighted by Gasteiger charge is 2.47. The predicted octanol–water partition coefficient (Wildman–Crippen LogP) is 3.16. The minimum absolute atomic E-state index is 0.417. The average Bonchev–Trinajstić information content (AvgIpc) is 3.02. The molecule has 1 aliphatic carbocycles. The molecule has 1 unspecified atom stereocenters. The van der Waals surface area contributed by atoms with Crippen LogP contribution in [0.5, 0.6) is 5.75 Å². The summed E-state index contributed by atoms with van der Waals surface area (Å²) >= 11 is 0. The fraction of sp³-hybridized carbons (Fsp3) is 0.647. The number of rotatable bonds is 3. The summed E-state index contributed by atoms with van der Waals surface area (Å²) in [6.45, 7) is 2.43. The maximum atomic E-state index is 6.17. The van der Waals surface area contributed by atoms with E-state index in [1.165, 1.54) is 50.8 Å². The van der Waals surface area contributed by atoms with Gasteiger partial charge in [0.25, 0.3) is 0 Å². The van der Waals surface area contributed by atoms with E-state index in [1.54, 1.807) is 0 Å². The molecule has 3 aliphatic rings. The average molecular weight is 257 g/mol. The lowest BCUT2D eigenvalue weighted by Gasteiger charge is -2.48. The van der Waals surface area contributed by atoms with Crippen molar-refractivity contribution in [3.63, 3.8) is 0 Å². The molecule has 0 amide bonds. The fourth-order valence-electron chi connectivity index (χ4n) is 4.41. The van der Waals surface area contributed by atoms with E-state index in [1.807, 2.05) is 0 Å². The van der Waals surface area contributed by atoms with Gasteiger partial charge in [0.1, 0.15) is 11.9 Å². The highest BCUT2D eigenvalue weighted by atomic mass is 16.5. The summed E-state index contributed by atoms with van der Waals surface area (Å²) < 4.78 is 6.17. The molecule has 2 fully saturated rings. The summed E-state index contributed by atoms with van der Waals surface area (Å²) in [7, 11) is 0. The molecule has 0 radical (unpaired) electrons. The first kappa shape index (κ1) is 11.8. The number of hydrogen-bond acceptors (Lipinski definition) is 2. The van der Waals surface area contributed by atoms with Crippen LogP contribution in [0, 0.1) is 11.3 Å². The summed E-state index contributed by atoms with van der Waals surface area (Å²) in [4.78, 5) is 0. The molecule has 4 rings (SSSR count). The Kier molecular flexibility index (Phi) is 2.80. The third-order valence-corrected chi connectivity index (χ3v) is 5.52. The Bertz CT molecular complexity index is 435. The van der Waals surface area contributed by atoms with Crippen molar-refractivity contribution in [3.8, 4) is 5.75 Å². The minimum Gasteiger partial charge on any atom is -0.490 e. The maximum absolute atomic E-state index is 6.17. The number of fused-ring (bicyclic) bond motifs is 1. The molecule has 2 aliphatic heterocycles. The Hall–Kier alpha value is -1.02. The predicted molar refractivity (Wildman–Crippen MR) is 76.4 cm³/mol. The molecule has 0 spiro atoms. The van der Waals surface area contributed by atoms with E-state index >= 15 is 0 Å². The van der Waals surface area contributed by atoms with Crippen molar-refractivity contribution >= 4 is 0 Å². The van der Waals surface area contributed by atoms with Crippen LogP contribution in [0.4, 0.5) is 0 Å². The SMILES string of the molecule is c1ccc2c(c1)CC(CC1(C3CCCC3)CNC1)O2. The lowest BCUT2D eigenvalue weighted by Crippen LogP contribution is -2.58. The van der Waals surface area contributed by atoms with Gasteiger partial charge in [0, 0.05) is 24.9 Å². The molecule has 2 heteroatoms. The highest BCUT2D eigenvalue weighted by molar-refractivity contribution is 5.37. The molecule has 0 aromatic heterocycles.